The summed E-state index contributed by atoms with van der Waals surface area (Å²) >= 11 is 0. The molecule has 1 atom stereocenters. The summed E-state index contributed by atoms with van der Waals surface area (Å²) in [5, 5.41) is 0. The van der Waals surface area contributed by atoms with Gasteiger partial charge in [-0.05, 0) is 18.9 Å². The number of ether oxygens (including phenoxy) is 1. The Morgan fingerprint density at radius 3 is 2.33 bits per heavy atom. The SMILES string of the molecule is CCC(N)(C(=O)OC)c1ccc(C)cc1. The Morgan fingerprint density at radius 2 is 1.93 bits per heavy atom. The predicted octanol–water partition coefficient (Wildman–Crippen LogP) is 1.73. The second-order valence-electron chi connectivity index (χ2n) is 3.68. The van der Waals surface area contributed by atoms with Crippen molar-refractivity contribution in [2.45, 2.75) is 25.8 Å². The highest BCUT2D eigenvalue weighted by atomic mass is 16.5. The zero-order chi connectivity index (χ0) is 11.5. The molecule has 0 aromatic heterocycles. The molecule has 1 rings (SSSR count). The largest absolute Gasteiger partial charge is 0.467 e. The Balaban J connectivity index is 3.11. The first kappa shape index (κ1) is 11.7. The smallest absolute Gasteiger partial charge is 0.330 e. The van der Waals surface area contributed by atoms with Crippen LogP contribution in [0.4, 0.5) is 0 Å². The summed E-state index contributed by atoms with van der Waals surface area (Å²) < 4.78 is 4.73. The zero-order valence-electron chi connectivity index (χ0n) is 9.41. The Kier molecular flexibility index (Phi) is 3.48. The quantitative estimate of drug-likeness (QED) is 0.768. The summed E-state index contributed by atoms with van der Waals surface area (Å²) in [6, 6.07) is 7.62. The molecule has 0 saturated carbocycles. The highest BCUT2D eigenvalue weighted by molar-refractivity contribution is 5.82. The van der Waals surface area contributed by atoms with E-state index in [0.717, 1.165) is 11.1 Å². The molecule has 3 heteroatoms. The Bertz CT molecular complexity index is 345. The minimum atomic E-state index is -1.03. The number of aryl methyl sites for hydroxylation is 1. The van der Waals surface area contributed by atoms with Crippen LogP contribution in [0, 0.1) is 6.92 Å². The van der Waals surface area contributed by atoms with Crippen molar-refractivity contribution in [3.05, 3.63) is 35.4 Å². The number of hydrogen-bond acceptors (Lipinski definition) is 3. The highest BCUT2D eigenvalue weighted by Crippen LogP contribution is 2.23. The van der Waals surface area contributed by atoms with Crippen molar-refractivity contribution in [1.82, 2.24) is 0 Å². The van der Waals surface area contributed by atoms with Gasteiger partial charge in [0.25, 0.3) is 0 Å². The van der Waals surface area contributed by atoms with Crippen LogP contribution in [0.15, 0.2) is 24.3 Å². The van der Waals surface area contributed by atoms with Crippen molar-refractivity contribution >= 4 is 5.97 Å². The molecule has 15 heavy (non-hydrogen) atoms. The standard InChI is InChI=1S/C12H17NO2/c1-4-12(13,11(14)15-3)10-7-5-9(2)6-8-10/h5-8H,4,13H2,1-3H3. The highest BCUT2D eigenvalue weighted by Gasteiger charge is 2.35. The van der Waals surface area contributed by atoms with Gasteiger partial charge in [0, 0.05) is 0 Å². The lowest BCUT2D eigenvalue weighted by atomic mass is 9.88. The molecule has 1 aromatic rings. The van der Waals surface area contributed by atoms with Crippen LogP contribution in [-0.4, -0.2) is 13.1 Å². The minimum absolute atomic E-state index is 0.395. The van der Waals surface area contributed by atoms with Crippen LogP contribution in [0.1, 0.15) is 24.5 Å². The van der Waals surface area contributed by atoms with Gasteiger partial charge in [-0.3, -0.25) is 0 Å². The Labute approximate surface area is 90.2 Å². The molecule has 3 nitrogen and oxygen atoms in total. The number of hydrogen-bond donors (Lipinski definition) is 1. The summed E-state index contributed by atoms with van der Waals surface area (Å²) in [5.74, 6) is -0.395. The number of carbonyl (C=O) groups excluding carboxylic acids is 1. The van der Waals surface area contributed by atoms with Gasteiger partial charge in [-0.2, -0.15) is 0 Å². The molecule has 0 aliphatic rings. The van der Waals surface area contributed by atoms with E-state index in [9.17, 15) is 4.79 Å². The van der Waals surface area contributed by atoms with Gasteiger partial charge in [0.2, 0.25) is 0 Å². The van der Waals surface area contributed by atoms with Gasteiger partial charge in [0.15, 0.2) is 0 Å². The van der Waals surface area contributed by atoms with Crippen LogP contribution in [0.25, 0.3) is 0 Å². The first-order chi connectivity index (χ1) is 7.04. The number of esters is 1. The summed E-state index contributed by atoms with van der Waals surface area (Å²) in [4.78, 5) is 11.6. The fourth-order valence-corrected chi connectivity index (χ4v) is 1.50. The van der Waals surface area contributed by atoms with E-state index in [1.807, 2.05) is 38.1 Å². The van der Waals surface area contributed by atoms with Crippen LogP contribution < -0.4 is 5.73 Å². The van der Waals surface area contributed by atoms with Crippen molar-refractivity contribution < 1.29 is 9.53 Å². The molecule has 0 aliphatic heterocycles. The van der Waals surface area contributed by atoms with Crippen molar-refractivity contribution in [3.8, 4) is 0 Å². The van der Waals surface area contributed by atoms with Crippen LogP contribution in [0.5, 0.6) is 0 Å². The fourth-order valence-electron chi connectivity index (χ4n) is 1.50. The summed E-state index contributed by atoms with van der Waals surface area (Å²) in [5.41, 5.74) is 6.96. The Hall–Kier alpha value is -1.35. The lowest BCUT2D eigenvalue weighted by Crippen LogP contribution is -2.45. The van der Waals surface area contributed by atoms with Crippen molar-refractivity contribution in [2.24, 2.45) is 5.73 Å². The van der Waals surface area contributed by atoms with E-state index in [1.54, 1.807) is 0 Å². The third-order valence-electron chi connectivity index (χ3n) is 2.67. The minimum Gasteiger partial charge on any atom is -0.467 e. The maximum absolute atomic E-state index is 11.6. The molecular weight excluding hydrogens is 190 g/mol. The van der Waals surface area contributed by atoms with Gasteiger partial charge in [-0.25, -0.2) is 4.79 Å². The van der Waals surface area contributed by atoms with Gasteiger partial charge in [0.05, 0.1) is 7.11 Å². The summed E-state index contributed by atoms with van der Waals surface area (Å²) in [6.45, 7) is 3.86. The molecule has 1 aromatic carbocycles. The molecule has 2 N–H and O–H groups in total. The number of rotatable bonds is 3. The monoisotopic (exact) mass is 207 g/mol. The first-order valence-corrected chi connectivity index (χ1v) is 4.99. The molecule has 82 valence electrons. The molecule has 0 spiro atoms. The molecule has 0 amide bonds. The maximum Gasteiger partial charge on any atom is 0.330 e. The van der Waals surface area contributed by atoms with E-state index < -0.39 is 11.5 Å². The second-order valence-corrected chi connectivity index (χ2v) is 3.68. The molecule has 0 radical (unpaired) electrons. The third kappa shape index (κ3) is 2.18. The molecule has 0 fully saturated rings. The van der Waals surface area contributed by atoms with E-state index in [2.05, 4.69) is 0 Å². The average molecular weight is 207 g/mol. The van der Waals surface area contributed by atoms with Crippen LogP contribution in [-0.2, 0) is 15.1 Å². The molecule has 1 unspecified atom stereocenters. The summed E-state index contributed by atoms with van der Waals surface area (Å²) in [7, 11) is 1.35. The van der Waals surface area contributed by atoms with Gasteiger partial charge < -0.3 is 10.5 Å². The molecule has 0 heterocycles. The van der Waals surface area contributed by atoms with E-state index in [0.29, 0.717) is 6.42 Å². The zero-order valence-corrected chi connectivity index (χ0v) is 9.41. The number of nitrogens with two attached hydrogens (primary N) is 1. The van der Waals surface area contributed by atoms with Crippen molar-refractivity contribution in [2.75, 3.05) is 7.11 Å². The van der Waals surface area contributed by atoms with Crippen LogP contribution in [0.2, 0.25) is 0 Å². The first-order valence-electron chi connectivity index (χ1n) is 4.99. The van der Waals surface area contributed by atoms with E-state index in [-0.39, 0.29) is 0 Å². The van der Waals surface area contributed by atoms with E-state index in [4.69, 9.17) is 10.5 Å². The molecule has 0 aliphatic carbocycles. The second kappa shape index (κ2) is 4.45. The predicted molar refractivity (Wildman–Crippen MR) is 59.4 cm³/mol. The maximum atomic E-state index is 11.6. The third-order valence-corrected chi connectivity index (χ3v) is 2.67. The summed E-state index contributed by atoms with van der Waals surface area (Å²) in [6.07, 6.45) is 0.517. The van der Waals surface area contributed by atoms with E-state index in [1.165, 1.54) is 7.11 Å². The Morgan fingerprint density at radius 1 is 1.40 bits per heavy atom. The van der Waals surface area contributed by atoms with Gasteiger partial charge in [-0.15, -0.1) is 0 Å². The van der Waals surface area contributed by atoms with Gasteiger partial charge >= 0.3 is 5.97 Å². The lowest BCUT2D eigenvalue weighted by Gasteiger charge is -2.25. The topological polar surface area (TPSA) is 52.3 Å². The molecule has 0 saturated heterocycles. The molecular formula is C12H17NO2. The van der Waals surface area contributed by atoms with E-state index >= 15 is 0 Å². The lowest BCUT2D eigenvalue weighted by molar-refractivity contribution is -0.147. The van der Waals surface area contributed by atoms with Crippen molar-refractivity contribution in [3.63, 3.8) is 0 Å². The molecule has 0 bridgehead atoms. The average Bonchev–Trinajstić information content (AvgIpc) is 2.27. The number of methoxy groups -OCH3 is 1. The van der Waals surface area contributed by atoms with Crippen molar-refractivity contribution in [1.29, 1.82) is 0 Å². The number of benzene rings is 1. The van der Waals surface area contributed by atoms with Gasteiger partial charge in [0.1, 0.15) is 5.54 Å². The van der Waals surface area contributed by atoms with Gasteiger partial charge in [-0.1, -0.05) is 36.8 Å². The number of carbonyl (C=O) groups is 1. The fraction of sp³-hybridized carbons (Fsp3) is 0.417. The normalized spacial score (nSPS) is 14.4. The van der Waals surface area contributed by atoms with Crippen LogP contribution in [0.3, 0.4) is 0 Å². The van der Waals surface area contributed by atoms with Crippen LogP contribution >= 0.6 is 0 Å².